The quantitative estimate of drug-likeness (QED) is 0.313. The molecule has 0 heterocycles. The van der Waals surface area contributed by atoms with Crippen LogP contribution in [0, 0.1) is 24.0 Å². The number of aldehydes is 1. The molecule has 0 saturated heterocycles. The highest BCUT2D eigenvalue weighted by atomic mass is 19.2. The van der Waals surface area contributed by atoms with Crippen LogP contribution in [0.2, 0.25) is 0 Å². The Morgan fingerprint density at radius 3 is 2.46 bits per heavy atom. The average molecular weight is 363 g/mol. The predicted molar refractivity (Wildman–Crippen MR) is 98.6 cm³/mol. The minimum Gasteiger partial charge on any atom is -0.511 e. The molecule has 0 radical (unpaired) electrons. The lowest BCUT2D eigenvalue weighted by Crippen LogP contribution is -2.27. The van der Waals surface area contributed by atoms with E-state index >= 15 is 0 Å². The fourth-order valence-corrected chi connectivity index (χ4v) is 3.56. The van der Waals surface area contributed by atoms with Gasteiger partial charge in [-0.2, -0.15) is 0 Å². The molecule has 1 N–H and O–H groups in total. The molecule has 1 aliphatic carbocycles. The van der Waals surface area contributed by atoms with E-state index in [9.17, 15) is 18.7 Å². The predicted octanol–water partition coefficient (Wildman–Crippen LogP) is 5.20. The number of aliphatic hydroxyl groups is 1. The lowest BCUT2D eigenvalue weighted by atomic mass is 9.83. The van der Waals surface area contributed by atoms with Crippen LogP contribution in [0.5, 0.6) is 0 Å². The number of aryl methyl sites for hydroxylation is 1. The van der Waals surface area contributed by atoms with E-state index in [1.165, 1.54) is 19.1 Å². The van der Waals surface area contributed by atoms with E-state index in [1.54, 1.807) is 4.90 Å². The summed E-state index contributed by atoms with van der Waals surface area (Å²) in [5.41, 5.74) is 0.471. The van der Waals surface area contributed by atoms with Gasteiger partial charge in [0.15, 0.2) is 17.9 Å². The first kappa shape index (κ1) is 20.1. The molecule has 5 heteroatoms. The number of likely N-dealkylation sites (N-methyl/N-ethyl adjacent to an activating group) is 1. The van der Waals surface area contributed by atoms with Crippen molar-refractivity contribution >= 4 is 6.29 Å². The number of benzene rings is 1. The van der Waals surface area contributed by atoms with E-state index in [4.69, 9.17) is 0 Å². The number of rotatable bonds is 7. The zero-order chi connectivity index (χ0) is 19.5. The van der Waals surface area contributed by atoms with Gasteiger partial charge in [0.1, 0.15) is 5.76 Å². The van der Waals surface area contributed by atoms with E-state index < -0.39 is 17.0 Å². The molecule has 1 aromatic carbocycles. The van der Waals surface area contributed by atoms with Crippen molar-refractivity contribution in [1.29, 1.82) is 0 Å². The van der Waals surface area contributed by atoms with Crippen molar-refractivity contribution in [2.24, 2.45) is 5.41 Å². The minimum absolute atomic E-state index is 0.0454. The van der Waals surface area contributed by atoms with Gasteiger partial charge in [0, 0.05) is 29.8 Å². The second-order valence-corrected chi connectivity index (χ2v) is 7.28. The third kappa shape index (κ3) is 3.81. The highest BCUT2D eigenvalue weighted by molar-refractivity contribution is 5.80. The Morgan fingerprint density at radius 2 is 1.92 bits per heavy atom. The van der Waals surface area contributed by atoms with Crippen LogP contribution in [0.4, 0.5) is 8.78 Å². The molecular formula is C21H27F2NO2. The molecule has 0 atom stereocenters. The van der Waals surface area contributed by atoms with Crippen molar-refractivity contribution < 1.29 is 18.7 Å². The third-order valence-corrected chi connectivity index (χ3v) is 5.44. The molecule has 1 aromatic rings. The first-order valence-corrected chi connectivity index (χ1v) is 9.01. The Hall–Kier alpha value is -2.17. The highest BCUT2D eigenvalue weighted by Gasteiger charge is 2.35. The zero-order valence-electron chi connectivity index (χ0n) is 15.7. The second-order valence-electron chi connectivity index (χ2n) is 7.28. The van der Waals surface area contributed by atoms with Crippen molar-refractivity contribution in [3.63, 3.8) is 0 Å². The van der Waals surface area contributed by atoms with Crippen LogP contribution in [0.25, 0.3) is 0 Å². The van der Waals surface area contributed by atoms with Gasteiger partial charge in [-0.05, 0) is 32.3 Å². The van der Waals surface area contributed by atoms with Crippen molar-refractivity contribution in [3.05, 3.63) is 58.5 Å². The number of aliphatic hydroxyl groups excluding tert-OH is 1. The maximum Gasteiger partial charge on any atom is 0.164 e. The summed E-state index contributed by atoms with van der Waals surface area (Å²) < 4.78 is 28.0. The number of allylic oxidation sites excluding steroid dienone is 2. The Labute approximate surface area is 154 Å². The minimum atomic E-state index is -0.889. The van der Waals surface area contributed by atoms with Crippen molar-refractivity contribution in [3.8, 4) is 0 Å². The summed E-state index contributed by atoms with van der Waals surface area (Å²) in [6, 6.07) is 3.06. The van der Waals surface area contributed by atoms with Crippen LogP contribution in [0.1, 0.15) is 50.7 Å². The van der Waals surface area contributed by atoms with E-state index in [-0.39, 0.29) is 29.0 Å². The molecule has 0 bridgehead atoms. The molecule has 0 aliphatic heterocycles. The first-order chi connectivity index (χ1) is 12.2. The van der Waals surface area contributed by atoms with E-state index in [0.717, 1.165) is 25.7 Å². The molecule has 1 aliphatic rings. The summed E-state index contributed by atoms with van der Waals surface area (Å²) in [4.78, 5) is 13.4. The molecule has 3 nitrogen and oxygen atoms in total. The molecule has 0 unspecified atom stereocenters. The standard InChI is InChI=1S/C21H27F2NO2/c1-5-24(12-16-9-8-14(2)18(22)19(16)23)15(3)17(13-25)20(26)21(4)10-6-7-11-21/h8-9,13,26H,3,5-7,10-12H2,1-2,4H3/b20-17+. The van der Waals surface area contributed by atoms with Crippen LogP contribution >= 0.6 is 0 Å². The number of nitrogens with zero attached hydrogens (tertiary/aromatic N) is 1. The number of carbonyl (C=O) groups is 1. The third-order valence-electron chi connectivity index (χ3n) is 5.44. The number of hydrogen-bond acceptors (Lipinski definition) is 3. The summed E-state index contributed by atoms with van der Waals surface area (Å²) in [6.07, 6.45) is 4.24. The Kier molecular flexibility index (Phi) is 6.21. The van der Waals surface area contributed by atoms with E-state index in [2.05, 4.69) is 6.58 Å². The molecule has 142 valence electrons. The maximum absolute atomic E-state index is 14.2. The van der Waals surface area contributed by atoms with Crippen molar-refractivity contribution in [2.75, 3.05) is 6.54 Å². The highest BCUT2D eigenvalue weighted by Crippen LogP contribution is 2.44. The molecule has 2 rings (SSSR count). The van der Waals surface area contributed by atoms with Gasteiger partial charge >= 0.3 is 0 Å². The number of hydrogen-bond donors (Lipinski definition) is 1. The van der Waals surface area contributed by atoms with Crippen molar-refractivity contribution in [2.45, 2.75) is 53.0 Å². The van der Waals surface area contributed by atoms with Crippen LogP contribution in [0.3, 0.4) is 0 Å². The summed E-state index contributed by atoms with van der Waals surface area (Å²) in [5.74, 6) is -1.71. The van der Waals surface area contributed by atoms with Gasteiger partial charge in [0.05, 0.1) is 5.57 Å². The fraction of sp³-hybridized carbons (Fsp3) is 0.476. The molecular weight excluding hydrogens is 336 g/mol. The molecule has 1 fully saturated rings. The van der Waals surface area contributed by atoms with Gasteiger partial charge in [0.25, 0.3) is 0 Å². The molecule has 1 saturated carbocycles. The Morgan fingerprint density at radius 1 is 1.31 bits per heavy atom. The SMILES string of the molecule is C=C(/C(C=O)=C(/O)C1(C)CCCC1)N(CC)Cc1ccc(C)c(F)c1F. The van der Waals surface area contributed by atoms with Gasteiger partial charge in [-0.1, -0.05) is 38.5 Å². The largest absolute Gasteiger partial charge is 0.511 e. The molecule has 0 aromatic heterocycles. The average Bonchev–Trinajstić information content (AvgIpc) is 3.07. The smallest absolute Gasteiger partial charge is 0.164 e. The topological polar surface area (TPSA) is 40.5 Å². The fourth-order valence-electron chi connectivity index (χ4n) is 3.56. The lowest BCUT2D eigenvalue weighted by Gasteiger charge is -2.29. The maximum atomic E-state index is 14.2. The second kappa shape index (κ2) is 8.02. The molecule has 0 amide bonds. The lowest BCUT2D eigenvalue weighted by molar-refractivity contribution is -0.105. The summed E-state index contributed by atoms with van der Waals surface area (Å²) in [7, 11) is 0. The molecule has 26 heavy (non-hydrogen) atoms. The summed E-state index contributed by atoms with van der Waals surface area (Å²) in [5, 5.41) is 10.7. The van der Waals surface area contributed by atoms with E-state index in [0.29, 0.717) is 18.5 Å². The van der Waals surface area contributed by atoms with Gasteiger partial charge in [0.2, 0.25) is 0 Å². The monoisotopic (exact) mass is 363 g/mol. The first-order valence-electron chi connectivity index (χ1n) is 9.01. The van der Waals surface area contributed by atoms with Gasteiger partial charge in [-0.25, -0.2) is 8.78 Å². The van der Waals surface area contributed by atoms with Gasteiger partial charge in [-0.15, -0.1) is 0 Å². The number of halogens is 2. The van der Waals surface area contributed by atoms with Crippen molar-refractivity contribution in [1.82, 2.24) is 4.90 Å². The number of carbonyl (C=O) groups excluding carboxylic acids is 1. The van der Waals surface area contributed by atoms with Gasteiger partial charge < -0.3 is 10.0 Å². The van der Waals surface area contributed by atoms with Crippen LogP contribution < -0.4 is 0 Å². The molecule has 0 spiro atoms. The normalized spacial score (nSPS) is 17.0. The van der Waals surface area contributed by atoms with Gasteiger partial charge in [-0.3, -0.25) is 4.79 Å². The van der Waals surface area contributed by atoms with Crippen LogP contribution in [0.15, 0.2) is 35.7 Å². The Bertz CT molecular complexity index is 734. The van der Waals surface area contributed by atoms with E-state index in [1.807, 2.05) is 13.8 Å². The summed E-state index contributed by atoms with van der Waals surface area (Å²) >= 11 is 0. The van der Waals surface area contributed by atoms with Crippen LogP contribution in [-0.4, -0.2) is 22.8 Å². The van der Waals surface area contributed by atoms with Crippen LogP contribution in [-0.2, 0) is 11.3 Å². The summed E-state index contributed by atoms with van der Waals surface area (Å²) in [6.45, 7) is 9.74. The zero-order valence-corrected chi connectivity index (χ0v) is 15.7. The Balaban J connectivity index is 2.32.